The van der Waals surface area contributed by atoms with E-state index in [0.29, 0.717) is 18.0 Å². The number of hydrogen-bond donors (Lipinski definition) is 2. The van der Waals surface area contributed by atoms with Crippen LogP contribution in [-0.2, 0) is 11.2 Å². The molecule has 0 fully saturated rings. The van der Waals surface area contributed by atoms with E-state index in [1.54, 1.807) is 39.2 Å². The van der Waals surface area contributed by atoms with Gasteiger partial charge < -0.3 is 15.2 Å². The monoisotopic (exact) mass is 300 g/mol. The molecule has 0 spiro atoms. The van der Waals surface area contributed by atoms with Gasteiger partial charge in [0.15, 0.2) is 0 Å². The summed E-state index contributed by atoms with van der Waals surface area (Å²) in [5, 5.41) is 12.6. The lowest BCUT2D eigenvalue weighted by atomic mass is 10.0. The Balaban J connectivity index is 2.48. The molecule has 1 aromatic rings. The van der Waals surface area contributed by atoms with Crippen molar-refractivity contribution >= 4 is 17.7 Å². The molecule has 1 unspecified atom stereocenters. The van der Waals surface area contributed by atoms with Crippen LogP contribution in [0.15, 0.2) is 18.5 Å². The zero-order chi connectivity index (χ0) is 15.2. The molecule has 0 aliphatic carbocycles. The number of nitrogens with one attached hydrogen (secondary N) is 1. The van der Waals surface area contributed by atoms with Gasteiger partial charge >= 0.3 is 6.09 Å². The minimum Gasteiger partial charge on any atom is -0.444 e. The number of ether oxygens (including phenoxy) is 1. The van der Waals surface area contributed by atoms with Gasteiger partial charge in [-0.15, -0.1) is 0 Å². The first-order valence-corrected chi connectivity index (χ1v) is 6.85. The Hall–Kier alpha value is -1.33. The maximum Gasteiger partial charge on any atom is 0.407 e. The first kappa shape index (κ1) is 16.7. The smallest absolute Gasteiger partial charge is 0.407 e. The van der Waals surface area contributed by atoms with Gasteiger partial charge in [-0.05, 0) is 38.8 Å². The van der Waals surface area contributed by atoms with E-state index in [4.69, 9.17) is 16.3 Å². The van der Waals surface area contributed by atoms with Crippen LogP contribution in [0.2, 0.25) is 5.02 Å². The van der Waals surface area contributed by atoms with Crippen molar-refractivity contribution in [2.24, 2.45) is 5.92 Å². The summed E-state index contributed by atoms with van der Waals surface area (Å²) in [5.74, 6) is -0.123. The summed E-state index contributed by atoms with van der Waals surface area (Å²) >= 11 is 6.02. The second-order valence-corrected chi connectivity index (χ2v) is 6.01. The second-order valence-electron chi connectivity index (χ2n) is 5.60. The highest BCUT2D eigenvalue weighted by Gasteiger charge is 2.18. The van der Waals surface area contributed by atoms with Gasteiger partial charge in [0.2, 0.25) is 0 Å². The molecule has 112 valence electrons. The van der Waals surface area contributed by atoms with Crippen molar-refractivity contribution in [3.8, 4) is 0 Å². The summed E-state index contributed by atoms with van der Waals surface area (Å²) in [6, 6.07) is 1.80. The van der Waals surface area contributed by atoms with Gasteiger partial charge in [-0.3, -0.25) is 4.98 Å². The van der Waals surface area contributed by atoms with E-state index in [-0.39, 0.29) is 12.5 Å². The molecule has 0 saturated heterocycles. The molecule has 1 aromatic heterocycles. The molecule has 0 radical (unpaired) electrons. The van der Waals surface area contributed by atoms with Crippen LogP contribution in [0, 0.1) is 5.92 Å². The maximum absolute atomic E-state index is 11.5. The Bertz CT molecular complexity index is 446. The van der Waals surface area contributed by atoms with Crippen molar-refractivity contribution in [3.63, 3.8) is 0 Å². The molecule has 5 nitrogen and oxygen atoms in total. The average Bonchev–Trinajstić information content (AvgIpc) is 2.34. The summed E-state index contributed by atoms with van der Waals surface area (Å²) in [6.45, 7) is 5.67. The summed E-state index contributed by atoms with van der Waals surface area (Å²) < 4.78 is 5.14. The third-order valence-electron chi connectivity index (χ3n) is 2.56. The molecule has 0 aromatic carbocycles. The van der Waals surface area contributed by atoms with E-state index in [0.717, 1.165) is 5.56 Å². The summed E-state index contributed by atoms with van der Waals surface area (Å²) in [7, 11) is 0. The SMILES string of the molecule is CC(C)(C)OC(=O)NCC(CO)Cc1ccncc1Cl. The number of carbonyl (C=O) groups excluding carboxylic acids is 1. The number of pyridine rings is 1. The Kier molecular flexibility index (Phi) is 6.23. The summed E-state index contributed by atoms with van der Waals surface area (Å²) in [6.07, 6.45) is 3.29. The van der Waals surface area contributed by atoms with Crippen molar-refractivity contribution in [2.45, 2.75) is 32.8 Å². The van der Waals surface area contributed by atoms with Crippen molar-refractivity contribution in [1.29, 1.82) is 0 Å². The van der Waals surface area contributed by atoms with E-state index in [2.05, 4.69) is 10.3 Å². The average molecular weight is 301 g/mol. The highest BCUT2D eigenvalue weighted by atomic mass is 35.5. The molecule has 6 heteroatoms. The molecule has 0 aliphatic rings. The zero-order valence-corrected chi connectivity index (χ0v) is 12.8. The van der Waals surface area contributed by atoms with E-state index in [9.17, 15) is 9.90 Å². The van der Waals surface area contributed by atoms with Crippen molar-refractivity contribution < 1.29 is 14.6 Å². The van der Waals surface area contributed by atoms with Gasteiger partial charge in [0, 0.05) is 31.5 Å². The van der Waals surface area contributed by atoms with Crippen molar-refractivity contribution in [1.82, 2.24) is 10.3 Å². The van der Waals surface area contributed by atoms with Crippen LogP contribution < -0.4 is 5.32 Å². The molecule has 0 saturated carbocycles. The number of rotatable bonds is 5. The lowest BCUT2D eigenvalue weighted by Crippen LogP contribution is -2.36. The third kappa shape index (κ3) is 6.21. The predicted molar refractivity (Wildman–Crippen MR) is 77.8 cm³/mol. The van der Waals surface area contributed by atoms with E-state index in [1.165, 1.54) is 0 Å². The number of halogens is 1. The van der Waals surface area contributed by atoms with Gasteiger partial charge in [-0.25, -0.2) is 4.79 Å². The number of nitrogens with zero attached hydrogens (tertiary/aromatic N) is 1. The lowest BCUT2D eigenvalue weighted by Gasteiger charge is -2.21. The predicted octanol–water partition coefficient (Wildman–Crippen LogP) is 2.41. The van der Waals surface area contributed by atoms with E-state index >= 15 is 0 Å². The number of aliphatic hydroxyl groups excluding tert-OH is 1. The van der Waals surface area contributed by atoms with E-state index < -0.39 is 11.7 Å². The Morgan fingerprint density at radius 1 is 1.55 bits per heavy atom. The Morgan fingerprint density at radius 3 is 2.80 bits per heavy atom. The number of hydrogen-bond acceptors (Lipinski definition) is 4. The molecular weight excluding hydrogens is 280 g/mol. The van der Waals surface area contributed by atoms with Crippen LogP contribution in [-0.4, -0.2) is 34.9 Å². The van der Waals surface area contributed by atoms with Crippen LogP contribution in [0.5, 0.6) is 0 Å². The Labute approximate surface area is 124 Å². The number of amides is 1. The molecule has 1 rings (SSSR count). The summed E-state index contributed by atoms with van der Waals surface area (Å²) in [5.41, 5.74) is 0.361. The lowest BCUT2D eigenvalue weighted by molar-refractivity contribution is 0.0512. The van der Waals surface area contributed by atoms with Gasteiger partial charge in [0.25, 0.3) is 0 Å². The van der Waals surface area contributed by atoms with Crippen molar-refractivity contribution in [3.05, 3.63) is 29.0 Å². The third-order valence-corrected chi connectivity index (χ3v) is 2.90. The van der Waals surface area contributed by atoms with Crippen molar-refractivity contribution in [2.75, 3.05) is 13.2 Å². The molecule has 20 heavy (non-hydrogen) atoms. The van der Waals surface area contributed by atoms with Gasteiger partial charge in [0.1, 0.15) is 5.60 Å². The van der Waals surface area contributed by atoms with Crippen LogP contribution in [0.1, 0.15) is 26.3 Å². The van der Waals surface area contributed by atoms with Gasteiger partial charge in [-0.2, -0.15) is 0 Å². The molecule has 0 aliphatic heterocycles. The maximum atomic E-state index is 11.5. The fraction of sp³-hybridized carbons (Fsp3) is 0.571. The van der Waals surface area contributed by atoms with E-state index in [1.807, 2.05) is 0 Å². The first-order chi connectivity index (χ1) is 9.31. The standard InChI is InChI=1S/C14H21ClN2O3/c1-14(2,3)20-13(19)17-7-10(9-18)6-11-4-5-16-8-12(11)15/h4-5,8,10,18H,6-7,9H2,1-3H3,(H,17,19). The fourth-order valence-electron chi connectivity index (χ4n) is 1.62. The minimum absolute atomic E-state index is 0.0472. The molecular formula is C14H21ClN2O3. The molecule has 1 atom stereocenters. The molecule has 1 heterocycles. The Morgan fingerprint density at radius 2 is 2.25 bits per heavy atom. The molecule has 0 bridgehead atoms. The highest BCUT2D eigenvalue weighted by Crippen LogP contribution is 2.17. The van der Waals surface area contributed by atoms with Gasteiger partial charge in [0.05, 0.1) is 5.02 Å². The van der Waals surface area contributed by atoms with Crippen LogP contribution in [0.25, 0.3) is 0 Å². The highest BCUT2D eigenvalue weighted by molar-refractivity contribution is 6.31. The first-order valence-electron chi connectivity index (χ1n) is 6.48. The second kappa shape index (κ2) is 7.45. The normalized spacial score (nSPS) is 12.8. The summed E-state index contributed by atoms with van der Waals surface area (Å²) in [4.78, 5) is 15.5. The van der Waals surface area contributed by atoms with Crippen LogP contribution in [0.3, 0.4) is 0 Å². The fourth-order valence-corrected chi connectivity index (χ4v) is 1.82. The number of aliphatic hydroxyl groups is 1. The number of alkyl carbamates (subject to hydrolysis) is 1. The largest absolute Gasteiger partial charge is 0.444 e. The van der Waals surface area contributed by atoms with Crippen LogP contribution in [0.4, 0.5) is 4.79 Å². The molecule has 2 N–H and O–H groups in total. The van der Waals surface area contributed by atoms with Crippen LogP contribution >= 0.6 is 11.6 Å². The minimum atomic E-state index is -0.535. The van der Waals surface area contributed by atoms with Gasteiger partial charge in [-0.1, -0.05) is 11.6 Å². The number of carbonyl (C=O) groups is 1. The number of aromatic nitrogens is 1. The molecule has 1 amide bonds. The quantitative estimate of drug-likeness (QED) is 0.876. The topological polar surface area (TPSA) is 71.5 Å². The zero-order valence-electron chi connectivity index (χ0n) is 12.0.